The van der Waals surface area contributed by atoms with E-state index in [2.05, 4.69) is 5.32 Å². The van der Waals surface area contributed by atoms with E-state index in [4.69, 9.17) is 0 Å². The van der Waals surface area contributed by atoms with Crippen LogP contribution in [-0.4, -0.2) is 25.8 Å². The molecular weight excluding hydrogens is 331 g/mol. The van der Waals surface area contributed by atoms with Crippen molar-refractivity contribution in [2.75, 3.05) is 19.9 Å². The molecule has 0 aliphatic heterocycles. The second-order valence-electron chi connectivity index (χ2n) is 6.07. The summed E-state index contributed by atoms with van der Waals surface area (Å²) in [6.07, 6.45) is 2.20. The third-order valence-electron chi connectivity index (χ3n) is 3.72. The number of nitrogens with zero attached hydrogens (tertiary/aromatic N) is 1. The fourth-order valence-electron chi connectivity index (χ4n) is 2.46. The Morgan fingerprint density at radius 2 is 1.76 bits per heavy atom. The van der Waals surface area contributed by atoms with Gasteiger partial charge in [0.2, 0.25) is 0 Å². The maximum atomic E-state index is 12.4. The van der Waals surface area contributed by atoms with Gasteiger partial charge in [-0.05, 0) is 37.0 Å². The van der Waals surface area contributed by atoms with Crippen molar-refractivity contribution in [2.45, 2.75) is 6.42 Å². The van der Waals surface area contributed by atoms with Crippen molar-refractivity contribution in [3.8, 4) is 6.07 Å². The van der Waals surface area contributed by atoms with Crippen molar-refractivity contribution in [3.05, 3.63) is 71.3 Å². The Labute approximate surface area is 148 Å². The highest BCUT2D eigenvalue weighted by atomic mass is 31.2. The first kappa shape index (κ1) is 18.7. The lowest BCUT2D eigenvalue weighted by Gasteiger charge is -2.11. The van der Waals surface area contributed by atoms with Gasteiger partial charge in [0.1, 0.15) is 18.8 Å². The Bertz CT molecular complexity index is 861. The lowest BCUT2D eigenvalue weighted by Crippen LogP contribution is -2.26. The topological polar surface area (TPSA) is 70.0 Å². The van der Waals surface area contributed by atoms with Crippen LogP contribution in [0.15, 0.2) is 60.2 Å². The largest absolute Gasteiger partial charge is 0.351 e. The van der Waals surface area contributed by atoms with Crippen molar-refractivity contribution in [1.29, 1.82) is 5.26 Å². The van der Waals surface area contributed by atoms with Gasteiger partial charge in [0.25, 0.3) is 5.91 Å². The highest BCUT2D eigenvalue weighted by Gasteiger charge is 2.16. The summed E-state index contributed by atoms with van der Waals surface area (Å²) in [6.45, 7) is 3.79. The zero-order valence-electron chi connectivity index (χ0n) is 14.4. The monoisotopic (exact) mass is 352 g/mol. The van der Waals surface area contributed by atoms with E-state index in [0.717, 1.165) is 5.56 Å². The van der Waals surface area contributed by atoms with Gasteiger partial charge in [-0.15, -0.1) is 0 Å². The first-order valence-electron chi connectivity index (χ1n) is 8.00. The summed E-state index contributed by atoms with van der Waals surface area (Å²) in [4.78, 5) is 12.3. The lowest BCUT2D eigenvalue weighted by atomic mass is 10.1. The third kappa shape index (κ3) is 5.45. The molecule has 5 heteroatoms. The van der Waals surface area contributed by atoms with Gasteiger partial charge in [-0.2, -0.15) is 5.26 Å². The molecule has 0 aromatic heterocycles. The molecule has 2 aromatic carbocycles. The molecule has 0 fully saturated rings. The molecule has 2 aromatic rings. The molecule has 0 saturated carbocycles. The minimum Gasteiger partial charge on any atom is -0.351 e. The average Bonchev–Trinajstić information content (AvgIpc) is 2.60. The third-order valence-corrected chi connectivity index (χ3v) is 5.29. The molecule has 0 spiro atoms. The molecular formula is C20H21N2O2P. The number of amides is 1. The predicted octanol–water partition coefficient (Wildman–Crippen LogP) is 3.20. The number of carbonyl (C=O) groups excluding carboxylic acids is 1. The second-order valence-corrected chi connectivity index (χ2v) is 9.25. The maximum Gasteiger partial charge on any atom is 0.261 e. The lowest BCUT2D eigenvalue weighted by molar-refractivity contribution is -0.117. The van der Waals surface area contributed by atoms with Crippen molar-refractivity contribution in [2.24, 2.45) is 0 Å². The molecule has 0 bridgehead atoms. The van der Waals surface area contributed by atoms with Gasteiger partial charge in [0.05, 0.1) is 0 Å². The van der Waals surface area contributed by atoms with E-state index in [1.165, 1.54) is 6.08 Å². The molecule has 0 heterocycles. The zero-order chi connectivity index (χ0) is 18.3. The number of benzene rings is 2. The van der Waals surface area contributed by atoms with Gasteiger partial charge in [-0.1, -0.05) is 54.6 Å². The summed E-state index contributed by atoms with van der Waals surface area (Å²) >= 11 is 0. The first-order valence-corrected chi connectivity index (χ1v) is 10.6. The van der Waals surface area contributed by atoms with Crippen molar-refractivity contribution < 1.29 is 9.36 Å². The molecule has 2 rings (SSSR count). The summed E-state index contributed by atoms with van der Waals surface area (Å²) < 4.78 is 12.4. The smallest absolute Gasteiger partial charge is 0.261 e. The van der Waals surface area contributed by atoms with Crippen LogP contribution >= 0.6 is 7.14 Å². The first-order chi connectivity index (χ1) is 11.9. The summed E-state index contributed by atoms with van der Waals surface area (Å²) in [5.74, 6) is -0.421. The summed E-state index contributed by atoms with van der Waals surface area (Å²) in [7, 11) is -2.50. The molecule has 0 aliphatic rings. The number of carbonyl (C=O) groups is 1. The summed E-state index contributed by atoms with van der Waals surface area (Å²) in [5, 5.41) is 12.7. The molecule has 128 valence electrons. The second kappa shape index (κ2) is 8.46. The van der Waals surface area contributed by atoms with Gasteiger partial charge in [-0.25, -0.2) is 0 Å². The number of rotatable bonds is 6. The number of nitrogens with one attached hydrogen (secondary N) is 1. The van der Waals surface area contributed by atoms with Crippen LogP contribution in [0, 0.1) is 11.3 Å². The van der Waals surface area contributed by atoms with Crippen LogP contribution < -0.4 is 10.6 Å². The van der Waals surface area contributed by atoms with E-state index in [1.54, 1.807) is 37.6 Å². The Morgan fingerprint density at radius 1 is 1.12 bits per heavy atom. The van der Waals surface area contributed by atoms with E-state index in [0.29, 0.717) is 23.8 Å². The quantitative estimate of drug-likeness (QED) is 0.493. The van der Waals surface area contributed by atoms with Crippen LogP contribution in [0.25, 0.3) is 6.08 Å². The van der Waals surface area contributed by atoms with E-state index in [-0.39, 0.29) is 5.57 Å². The van der Waals surface area contributed by atoms with Crippen LogP contribution in [0.3, 0.4) is 0 Å². The maximum absolute atomic E-state index is 12.4. The van der Waals surface area contributed by atoms with Crippen LogP contribution in [0.2, 0.25) is 0 Å². The number of hydrogen-bond donors (Lipinski definition) is 1. The van der Waals surface area contributed by atoms with Gasteiger partial charge in [-0.3, -0.25) is 4.79 Å². The van der Waals surface area contributed by atoms with Gasteiger partial charge in [0, 0.05) is 11.8 Å². The molecule has 0 unspecified atom stereocenters. The van der Waals surface area contributed by atoms with Crippen molar-refractivity contribution >= 4 is 24.4 Å². The Kier molecular flexibility index (Phi) is 6.33. The summed E-state index contributed by atoms with van der Waals surface area (Å²) in [5.41, 5.74) is 1.77. The highest BCUT2D eigenvalue weighted by molar-refractivity contribution is 7.70. The van der Waals surface area contributed by atoms with Gasteiger partial charge in [0.15, 0.2) is 0 Å². The molecule has 1 amide bonds. The SMILES string of the molecule is CP(C)(=O)c1ccccc1/C=C(\C#N)C(=O)NCCc1ccccc1. The molecule has 25 heavy (non-hydrogen) atoms. The fraction of sp³-hybridized carbons (Fsp3) is 0.200. The zero-order valence-corrected chi connectivity index (χ0v) is 15.3. The van der Waals surface area contributed by atoms with Crippen LogP contribution in [0.1, 0.15) is 11.1 Å². The highest BCUT2D eigenvalue weighted by Crippen LogP contribution is 2.36. The van der Waals surface area contributed by atoms with Gasteiger partial charge < -0.3 is 9.88 Å². The van der Waals surface area contributed by atoms with E-state index >= 15 is 0 Å². The molecule has 0 aliphatic carbocycles. The minimum absolute atomic E-state index is 0.00830. The van der Waals surface area contributed by atoms with Crippen molar-refractivity contribution in [3.63, 3.8) is 0 Å². The van der Waals surface area contributed by atoms with Gasteiger partial charge >= 0.3 is 0 Å². The van der Waals surface area contributed by atoms with Crippen LogP contribution in [-0.2, 0) is 15.8 Å². The summed E-state index contributed by atoms with van der Waals surface area (Å²) in [6, 6.07) is 18.9. The molecule has 4 nitrogen and oxygen atoms in total. The average molecular weight is 352 g/mol. The van der Waals surface area contributed by atoms with E-state index in [1.807, 2.05) is 36.4 Å². The van der Waals surface area contributed by atoms with Crippen molar-refractivity contribution in [1.82, 2.24) is 5.32 Å². The fourth-order valence-corrected chi connectivity index (χ4v) is 3.67. The molecule has 0 atom stereocenters. The Balaban J connectivity index is 2.11. The van der Waals surface area contributed by atoms with Crippen LogP contribution in [0.5, 0.6) is 0 Å². The van der Waals surface area contributed by atoms with Crippen LogP contribution in [0.4, 0.5) is 0 Å². The minimum atomic E-state index is -2.50. The standard InChI is InChI=1S/C20H21N2O2P/c1-25(2,24)19-11-7-6-10-17(19)14-18(15-21)20(23)22-13-12-16-8-4-3-5-9-16/h3-11,14H,12-13H2,1-2H3,(H,22,23)/b18-14+. The molecule has 0 saturated heterocycles. The number of nitriles is 1. The number of hydrogen-bond acceptors (Lipinski definition) is 3. The van der Waals surface area contributed by atoms with E-state index in [9.17, 15) is 14.6 Å². The van der Waals surface area contributed by atoms with E-state index < -0.39 is 13.0 Å². The predicted molar refractivity (Wildman–Crippen MR) is 102 cm³/mol. The Hall–Kier alpha value is -2.63. The Morgan fingerprint density at radius 3 is 2.40 bits per heavy atom. The molecule has 0 radical (unpaired) electrons. The molecule has 1 N–H and O–H groups in total. The normalized spacial score (nSPS) is 11.6.